The second-order valence-corrected chi connectivity index (χ2v) is 4.08. The lowest BCUT2D eigenvalue weighted by Gasteiger charge is -2.01. The van der Waals surface area contributed by atoms with E-state index in [9.17, 15) is 9.59 Å². The van der Waals surface area contributed by atoms with E-state index in [0.717, 1.165) is 6.42 Å². The van der Waals surface area contributed by atoms with Crippen LogP contribution in [0.1, 0.15) is 34.1 Å². The van der Waals surface area contributed by atoms with Crippen LogP contribution in [0.2, 0.25) is 0 Å². The first-order valence-electron chi connectivity index (χ1n) is 6.11. The SMILES string of the molecule is C=CCC.O=C(O)c1ccc2cc(C(=O)O)ccc2c1. The summed E-state index contributed by atoms with van der Waals surface area (Å²) in [4.78, 5) is 21.5. The highest BCUT2D eigenvalue weighted by Crippen LogP contribution is 2.18. The van der Waals surface area contributed by atoms with Crippen LogP contribution in [0.5, 0.6) is 0 Å². The van der Waals surface area contributed by atoms with Crippen molar-refractivity contribution in [2.75, 3.05) is 0 Å². The smallest absolute Gasteiger partial charge is 0.335 e. The van der Waals surface area contributed by atoms with Crippen molar-refractivity contribution in [1.82, 2.24) is 0 Å². The highest BCUT2D eigenvalue weighted by atomic mass is 16.4. The molecule has 0 bridgehead atoms. The van der Waals surface area contributed by atoms with E-state index in [1.54, 1.807) is 12.1 Å². The zero-order chi connectivity index (χ0) is 15.1. The van der Waals surface area contributed by atoms with Crippen LogP contribution in [0.15, 0.2) is 49.1 Å². The van der Waals surface area contributed by atoms with E-state index in [1.165, 1.54) is 24.3 Å². The molecule has 4 nitrogen and oxygen atoms in total. The van der Waals surface area contributed by atoms with E-state index in [4.69, 9.17) is 10.2 Å². The molecule has 0 aliphatic carbocycles. The molecule has 0 heterocycles. The Morgan fingerprint density at radius 3 is 1.60 bits per heavy atom. The number of carboxylic acids is 2. The molecule has 0 atom stereocenters. The number of benzene rings is 2. The molecule has 20 heavy (non-hydrogen) atoms. The molecule has 0 unspecified atom stereocenters. The van der Waals surface area contributed by atoms with Gasteiger partial charge in [0.1, 0.15) is 0 Å². The van der Waals surface area contributed by atoms with Crippen molar-refractivity contribution in [3.05, 3.63) is 60.2 Å². The van der Waals surface area contributed by atoms with Gasteiger partial charge in [0.15, 0.2) is 0 Å². The Bertz CT molecular complexity index is 591. The molecule has 2 N–H and O–H groups in total. The molecule has 2 rings (SSSR count). The minimum Gasteiger partial charge on any atom is -0.478 e. The van der Waals surface area contributed by atoms with Crippen LogP contribution in [0.25, 0.3) is 10.8 Å². The minimum absolute atomic E-state index is 0.190. The molecule has 2 aromatic rings. The lowest BCUT2D eigenvalue weighted by atomic mass is 10.0. The molecule has 0 saturated carbocycles. The van der Waals surface area contributed by atoms with Crippen LogP contribution in [0, 0.1) is 0 Å². The largest absolute Gasteiger partial charge is 0.478 e. The molecule has 104 valence electrons. The number of fused-ring (bicyclic) bond motifs is 1. The fourth-order valence-corrected chi connectivity index (χ4v) is 1.51. The van der Waals surface area contributed by atoms with Crippen molar-refractivity contribution in [2.45, 2.75) is 13.3 Å². The Morgan fingerprint density at radius 1 is 1.00 bits per heavy atom. The van der Waals surface area contributed by atoms with Gasteiger partial charge >= 0.3 is 11.9 Å². The fraction of sp³-hybridized carbons (Fsp3) is 0.125. The summed E-state index contributed by atoms with van der Waals surface area (Å²) in [6.07, 6.45) is 2.96. The van der Waals surface area contributed by atoms with Crippen molar-refractivity contribution in [2.24, 2.45) is 0 Å². The Balaban J connectivity index is 0.000000444. The Morgan fingerprint density at radius 2 is 1.35 bits per heavy atom. The number of allylic oxidation sites excluding steroid dienone is 1. The van der Waals surface area contributed by atoms with E-state index < -0.39 is 11.9 Å². The summed E-state index contributed by atoms with van der Waals surface area (Å²) in [7, 11) is 0. The van der Waals surface area contributed by atoms with Crippen LogP contribution < -0.4 is 0 Å². The average molecular weight is 272 g/mol. The third-order valence-corrected chi connectivity index (χ3v) is 2.62. The lowest BCUT2D eigenvalue weighted by molar-refractivity contribution is 0.0686. The van der Waals surface area contributed by atoms with Gasteiger partial charge in [0.25, 0.3) is 0 Å². The Kier molecular flexibility index (Phi) is 5.47. The summed E-state index contributed by atoms with van der Waals surface area (Å²) < 4.78 is 0. The number of carboxylic acid groups (broad SMARTS) is 2. The first kappa shape index (κ1) is 15.4. The predicted molar refractivity (Wildman–Crippen MR) is 78.4 cm³/mol. The maximum Gasteiger partial charge on any atom is 0.335 e. The standard InChI is InChI=1S/C12H8O4.C4H8/c13-11(14)9-3-1-7-5-10(12(15)16)4-2-8(7)6-9;1-3-4-2/h1-6H,(H,13,14)(H,15,16);3H,1,4H2,2H3. The maximum atomic E-state index is 10.7. The van der Waals surface area contributed by atoms with Gasteiger partial charge < -0.3 is 10.2 Å². The minimum atomic E-state index is -0.996. The number of carbonyl (C=O) groups is 2. The molecule has 0 amide bonds. The number of hydrogen-bond donors (Lipinski definition) is 2. The maximum absolute atomic E-state index is 10.7. The first-order valence-corrected chi connectivity index (χ1v) is 6.11. The van der Waals surface area contributed by atoms with Gasteiger partial charge in [-0.3, -0.25) is 0 Å². The topological polar surface area (TPSA) is 74.6 Å². The van der Waals surface area contributed by atoms with Crippen molar-refractivity contribution in [3.8, 4) is 0 Å². The van der Waals surface area contributed by atoms with Gasteiger partial charge in [0.05, 0.1) is 11.1 Å². The molecule has 2 aromatic carbocycles. The van der Waals surface area contributed by atoms with Gasteiger partial charge in [-0.15, -0.1) is 6.58 Å². The third kappa shape index (κ3) is 3.95. The third-order valence-electron chi connectivity index (χ3n) is 2.62. The summed E-state index contributed by atoms with van der Waals surface area (Å²) in [6.45, 7) is 5.54. The van der Waals surface area contributed by atoms with E-state index in [2.05, 4.69) is 13.5 Å². The molecular weight excluding hydrogens is 256 g/mol. The van der Waals surface area contributed by atoms with Crippen LogP contribution in [0.3, 0.4) is 0 Å². The van der Waals surface area contributed by atoms with Crippen molar-refractivity contribution in [3.63, 3.8) is 0 Å². The van der Waals surface area contributed by atoms with E-state index in [1.807, 2.05) is 6.08 Å². The molecule has 0 aliphatic heterocycles. The summed E-state index contributed by atoms with van der Waals surface area (Å²) in [5.74, 6) is -1.99. The highest BCUT2D eigenvalue weighted by molar-refractivity contribution is 5.97. The van der Waals surface area contributed by atoms with Gasteiger partial charge in [0.2, 0.25) is 0 Å². The molecule has 0 saturated heterocycles. The monoisotopic (exact) mass is 272 g/mol. The van der Waals surface area contributed by atoms with Crippen LogP contribution in [-0.2, 0) is 0 Å². The molecule has 0 aromatic heterocycles. The number of hydrogen-bond acceptors (Lipinski definition) is 2. The second kappa shape index (κ2) is 7.09. The molecule has 0 spiro atoms. The molecule has 4 heteroatoms. The van der Waals surface area contributed by atoms with Gasteiger partial charge in [-0.2, -0.15) is 0 Å². The van der Waals surface area contributed by atoms with Gasteiger partial charge in [-0.25, -0.2) is 9.59 Å². The first-order chi connectivity index (χ1) is 9.49. The average Bonchev–Trinajstić information content (AvgIpc) is 2.46. The van der Waals surface area contributed by atoms with Crippen LogP contribution in [-0.4, -0.2) is 22.2 Å². The number of aromatic carboxylic acids is 2. The van der Waals surface area contributed by atoms with E-state index in [0.29, 0.717) is 10.8 Å². The summed E-state index contributed by atoms with van der Waals surface area (Å²) >= 11 is 0. The van der Waals surface area contributed by atoms with Crippen LogP contribution >= 0.6 is 0 Å². The van der Waals surface area contributed by atoms with Crippen molar-refractivity contribution < 1.29 is 19.8 Å². The summed E-state index contributed by atoms with van der Waals surface area (Å²) in [6, 6.07) is 9.15. The van der Waals surface area contributed by atoms with E-state index >= 15 is 0 Å². The quantitative estimate of drug-likeness (QED) is 0.833. The highest BCUT2D eigenvalue weighted by Gasteiger charge is 2.06. The van der Waals surface area contributed by atoms with Gasteiger partial charge in [-0.1, -0.05) is 25.1 Å². The molecule has 0 aliphatic rings. The lowest BCUT2D eigenvalue weighted by Crippen LogP contribution is -1.97. The van der Waals surface area contributed by atoms with Gasteiger partial charge in [-0.05, 0) is 41.5 Å². The molecule has 0 radical (unpaired) electrons. The zero-order valence-corrected chi connectivity index (χ0v) is 11.2. The predicted octanol–water partition coefficient (Wildman–Crippen LogP) is 3.82. The summed E-state index contributed by atoms with van der Waals surface area (Å²) in [5, 5.41) is 19.0. The normalized spacial score (nSPS) is 9.45. The molecule has 0 fully saturated rings. The Labute approximate surface area is 117 Å². The zero-order valence-electron chi connectivity index (χ0n) is 11.2. The van der Waals surface area contributed by atoms with Crippen molar-refractivity contribution in [1.29, 1.82) is 0 Å². The van der Waals surface area contributed by atoms with Crippen molar-refractivity contribution >= 4 is 22.7 Å². The summed E-state index contributed by atoms with van der Waals surface area (Å²) in [5.41, 5.74) is 0.381. The Hall–Kier alpha value is -2.62. The van der Waals surface area contributed by atoms with Gasteiger partial charge in [0, 0.05) is 0 Å². The van der Waals surface area contributed by atoms with Crippen LogP contribution in [0.4, 0.5) is 0 Å². The fourth-order valence-electron chi connectivity index (χ4n) is 1.51. The second-order valence-electron chi connectivity index (χ2n) is 4.08. The number of rotatable bonds is 3. The molecular formula is C16H16O4. The van der Waals surface area contributed by atoms with E-state index in [-0.39, 0.29) is 11.1 Å².